The normalized spacial score (nSPS) is 12.1. The van der Waals surface area contributed by atoms with Crippen LogP contribution < -0.4 is 4.74 Å². The Morgan fingerprint density at radius 2 is 2.00 bits per heavy atom. The Kier molecular flexibility index (Phi) is 2.50. The topological polar surface area (TPSA) is 52.3 Å². The van der Waals surface area contributed by atoms with Gasteiger partial charge in [-0.05, 0) is 6.07 Å². The van der Waals surface area contributed by atoms with Crippen molar-refractivity contribution in [1.29, 1.82) is 0 Å². The molecule has 0 saturated carbocycles. The number of methoxy groups -OCH3 is 1. The summed E-state index contributed by atoms with van der Waals surface area (Å²) in [4.78, 5) is 8.50. The number of ether oxygens (including phenoxy) is 1. The molecular weight excluding hydrogens is 228 g/mol. The first kappa shape index (κ1) is 11.1. The second-order valence-electron chi connectivity index (χ2n) is 4.52. The number of hydrogen-bond acceptors (Lipinski definition) is 4. The fraction of sp³-hybridized carbons (Fsp3) is 0.500. The molecule has 0 aliphatic rings. The van der Waals surface area contributed by atoms with Gasteiger partial charge in [0.25, 0.3) is 5.78 Å². The lowest BCUT2D eigenvalue weighted by Gasteiger charge is -2.17. The summed E-state index contributed by atoms with van der Waals surface area (Å²) in [6.07, 6.45) is 0. The number of rotatable bonds is 1. The zero-order valence-electron chi connectivity index (χ0n) is 9.65. The highest BCUT2D eigenvalue weighted by molar-refractivity contribution is 6.29. The summed E-state index contributed by atoms with van der Waals surface area (Å²) in [7, 11) is 1.51. The molecule has 16 heavy (non-hydrogen) atoms. The summed E-state index contributed by atoms with van der Waals surface area (Å²) in [5.74, 6) is 0.453. The molecule has 0 bridgehead atoms. The molecule has 0 amide bonds. The van der Waals surface area contributed by atoms with Crippen molar-refractivity contribution >= 4 is 17.4 Å². The van der Waals surface area contributed by atoms with Crippen molar-refractivity contribution in [3.63, 3.8) is 0 Å². The number of hydrogen-bond donors (Lipinski definition) is 0. The number of aromatic nitrogens is 4. The highest BCUT2D eigenvalue weighted by Gasteiger charge is 2.19. The number of nitrogens with zero attached hydrogens (tertiary/aromatic N) is 4. The molecule has 0 radical (unpaired) electrons. The van der Waals surface area contributed by atoms with Gasteiger partial charge in [0, 0.05) is 5.41 Å². The summed E-state index contributed by atoms with van der Waals surface area (Å²) in [6, 6.07) is 2.06. The Hall–Kier alpha value is -1.36. The maximum Gasteiger partial charge on any atom is 0.337 e. The SMILES string of the molecule is COc1nc2nc(C(C)(C)C)cc(Cl)n2n1. The predicted molar refractivity (Wildman–Crippen MR) is 61.0 cm³/mol. The van der Waals surface area contributed by atoms with E-state index >= 15 is 0 Å². The molecule has 0 fully saturated rings. The molecule has 0 aromatic carbocycles. The highest BCUT2D eigenvalue weighted by Crippen LogP contribution is 2.24. The lowest BCUT2D eigenvalue weighted by Crippen LogP contribution is -2.14. The molecule has 2 rings (SSSR count). The van der Waals surface area contributed by atoms with E-state index in [-0.39, 0.29) is 11.4 Å². The van der Waals surface area contributed by atoms with Crippen LogP contribution in [0.25, 0.3) is 5.78 Å². The van der Waals surface area contributed by atoms with Gasteiger partial charge in [0.1, 0.15) is 5.15 Å². The van der Waals surface area contributed by atoms with Gasteiger partial charge in [0.2, 0.25) is 0 Å². The van der Waals surface area contributed by atoms with E-state index in [2.05, 4.69) is 35.8 Å². The number of halogens is 1. The van der Waals surface area contributed by atoms with Crippen LogP contribution in [0.5, 0.6) is 6.01 Å². The Bertz CT molecular complexity index is 529. The van der Waals surface area contributed by atoms with Crippen LogP contribution in [-0.4, -0.2) is 26.7 Å². The third-order valence-corrected chi connectivity index (χ3v) is 2.47. The molecule has 2 heterocycles. The third-order valence-electron chi connectivity index (χ3n) is 2.20. The maximum absolute atomic E-state index is 6.10. The molecule has 0 unspecified atom stereocenters. The van der Waals surface area contributed by atoms with Crippen molar-refractivity contribution in [2.24, 2.45) is 0 Å². The van der Waals surface area contributed by atoms with Gasteiger partial charge in [0.05, 0.1) is 12.8 Å². The molecule has 6 heteroatoms. The van der Waals surface area contributed by atoms with Crippen molar-refractivity contribution < 1.29 is 4.74 Å². The van der Waals surface area contributed by atoms with Gasteiger partial charge in [-0.15, -0.1) is 5.10 Å². The van der Waals surface area contributed by atoms with Crippen LogP contribution in [0.15, 0.2) is 6.07 Å². The molecule has 2 aromatic rings. The molecule has 5 nitrogen and oxygen atoms in total. The monoisotopic (exact) mass is 240 g/mol. The predicted octanol–water partition coefficient (Wildman–Crippen LogP) is 2.08. The van der Waals surface area contributed by atoms with E-state index in [1.54, 1.807) is 6.07 Å². The Morgan fingerprint density at radius 1 is 1.31 bits per heavy atom. The molecule has 0 saturated heterocycles. The van der Waals surface area contributed by atoms with Crippen molar-refractivity contribution in [2.45, 2.75) is 26.2 Å². The average Bonchev–Trinajstić information content (AvgIpc) is 2.59. The van der Waals surface area contributed by atoms with Gasteiger partial charge in [-0.25, -0.2) is 4.98 Å². The molecular formula is C10H13ClN4O. The van der Waals surface area contributed by atoms with Crippen LogP contribution in [0.1, 0.15) is 26.5 Å². The first-order valence-electron chi connectivity index (χ1n) is 4.89. The minimum Gasteiger partial charge on any atom is -0.466 e. The molecule has 0 spiro atoms. The second kappa shape index (κ2) is 3.59. The largest absolute Gasteiger partial charge is 0.466 e. The van der Waals surface area contributed by atoms with E-state index in [0.29, 0.717) is 10.9 Å². The Morgan fingerprint density at radius 3 is 2.56 bits per heavy atom. The van der Waals surface area contributed by atoms with E-state index in [1.807, 2.05) is 0 Å². The van der Waals surface area contributed by atoms with Crippen LogP contribution in [0.3, 0.4) is 0 Å². The van der Waals surface area contributed by atoms with Crippen LogP contribution >= 0.6 is 11.6 Å². The van der Waals surface area contributed by atoms with Gasteiger partial charge >= 0.3 is 6.01 Å². The summed E-state index contributed by atoms with van der Waals surface area (Å²) >= 11 is 6.10. The van der Waals surface area contributed by atoms with E-state index in [0.717, 1.165) is 5.69 Å². The van der Waals surface area contributed by atoms with Crippen molar-refractivity contribution in [2.75, 3.05) is 7.11 Å². The minimum absolute atomic E-state index is 0.0788. The third kappa shape index (κ3) is 1.82. The Balaban J connectivity index is 2.67. The van der Waals surface area contributed by atoms with Crippen molar-refractivity contribution in [3.05, 3.63) is 16.9 Å². The summed E-state index contributed by atoms with van der Waals surface area (Å²) in [5.41, 5.74) is 0.796. The van der Waals surface area contributed by atoms with E-state index < -0.39 is 0 Å². The van der Waals surface area contributed by atoms with Crippen LogP contribution in [-0.2, 0) is 5.41 Å². The van der Waals surface area contributed by atoms with Gasteiger partial charge in [0.15, 0.2) is 0 Å². The summed E-state index contributed by atoms with van der Waals surface area (Å²) in [6.45, 7) is 6.20. The molecule has 0 aliphatic carbocycles. The Labute approximate surface area is 98.4 Å². The van der Waals surface area contributed by atoms with Crippen molar-refractivity contribution in [1.82, 2.24) is 19.6 Å². The fourth-order valence-electron chi connectivity index (χ4n) is 1.29. The molecule has 86 valence electrons. The summed E-state index contributed by atoms with van der Waals surface area (Å²) < 4.78 is 6.39. The summed E-state index contributed by atoms with van der Waals surface area (Å²) in [5, 5.41) is 4.52. The minimum atomic E-state index is -0.0788. The van der Waals surface area contributed by atoms with E-state index in [9.17, 15) is 0 Å². The molecule has 0 N–H and O–H groups in total. The van der Waals surface area contributed by atoms with E-state index in [4.69, 9.17) is 16.3 Å². The zero-order chi connectivity index (χ0) is 11.9. The van der Waals surface area contributed by atoms with Gasteiger partial charge in [-0.2, -0.15) is 9.50 Å². The zero-order valence-corrected chi connectivity index (χ0v) is 10.4. The van der Waals surface area contributed by atoms with Crippen LogP contribution in [0.2, 0.25) is 5.15 Å². The first-order valence-corrected chi connectivity index (χ1v) is 5.27. The van der Waals surface area contributed by atoms with Crippen molar-refractivity contribution in [3.8, 4) is 6.01 Å². The highest BCUT2D eigenvalue weighted by atomic mass is 35.5. The average molecular weight is 241 g/mol. The van der Waals surface area contributed by atoms with Gasteiger partial charge in [-0.1, -0.05) is 32.4 Å². The standard InChI is InChI=1S/C10H13ClN4O/c1-10(2,3)6-5-7(11)15-8(12-6)13-9(14-15)16-4/h5H,1-4H3. The van der Waals surface area contributed by atoms with E-state index in [1.165, 1.54) is 11.6 Å². The lowest BCUT2D eigenvalue weighted by atomic mass is 9.92. The van der Waals surface area contributed by atoms with Gasteiger partial charge in [-0.3, -0.25) is 0 Å². The molecule has 2 aromatic heterocycles. The first-order chi connectivity index (χ1) is 7.41. The quantitative estimate of drug-likeness (QED) is 0.717. The lowest BCUT2D eigenvalue weighted by molar-refractivity contribution is 0.380. The molecule has 0 atom stereocenters. The van der Waals surface area contributed by atoms with Crippen LogP contribution in [0, 0.1) is 0 Å². The smallest absolute Gasteiger partial charge is 0.337 e. The molecule has 0 aliphatic heterocycles. The maximum atomic E-state index is 6.10. The van der Waals surface area contributed by atoms with Crippen LogP contribution in [0.4, 0.5) is 0 Å². The number of fused-ring (bicyclic) bond motifs is 1. The van der Waals surface area contributed by atoms with Gasteiger partial charge < -0.3 is 4.74 Å². The second-order valence-corrected chi connectivity index (χ2v) is 4.91. The fourth-order valence-corrected chi connectivity index (χ4v) is 1.50.